The molecule has 76 valence electrons. The van der Waals surface area contributed by atoms with E-state index in [1.165, 1.54) is 0 Å². The van der Waals surface area contributed by atoms with E-state index in [0.29, 0.717) is 13.2 Å². The summed E-state index contributed by atoms with van der Waals surface area (Å²) in [5, 5.41) is 0. The Morgan fingerprint density at radius 1 is 1.43 bits per heavy atom. The van der Waals surface area contributed by atoms with Gasteiger partial charge >= 0.3 is 11.4 Å². The molecule has 5 heteroatoms. The average Bonchev–Trinajstić information content (AvgIpc) is 2.63. The number of hydrogen-bond donors (Lipinski definition) is 0. The Bertz CT molecular complexity index is 314. The van der Waals surface area contributed by atoms with Gasteiger partial charge in [0.05, 0.1) is 6.61 Å². The van der Waals surface area contributed by atoms with E-state index in [0.717, 1.165) is 5.75 Å². The molecule has 0 radical (unpaired) electrons. The second-order valence-electron chi connectivity index (χ2n) is 2.83. The summed E-state index contributed by atoms with van der Waals surface area (Å²) in [6.07, 6.45) is -0.240. The van der Waals surface area contributed by atoms with E-state index in [9.17, 15) is 4.21 Å². The van der Waals surface area contributed by atoms with Crippen LogP contribution in [0.25, 0.3) is 0 Å². The molecule has 0 aliphatic carbocycles. The van der Waals surface area contributed by atoms with Gasteiger partial charge in [-0.1, -0.05) is 18.2 Å². The van der Waals surface area contributed by atoms with Crippen LogP contribution in [0.3, 0.4) is 0 Å². The van der Waals surface area contributed by atoms with E-state index in [4.69, 9.17) is 13.1 Å². The molecular weight excluding hydrogens is 204 g/mol. The van der Waals surface area contributed by atoms with Gasteiger partial charge in [0.15, 0.2) is 0 Å². The molecule has 0 amide bonds. The van der Waals surface area contributed by atoms with Crippen molar-refractivity contribution in [1.82, 2.24) is 0 Å². The van der Waals surface area contributed by atoms with Crippen molar-refractivity contribution in [2.75, 3.05) is 13.2 Å². The van der Waals surface area contributed by atoms with Gasteiger partial charge in [-0.05, 0) is 12.1 Å². The van der Waals surface area contributed by atoms with Gasteiger partial charge in [-0.3, -0.25) is 8.37 Å². The Labute approximate surface area is 84.7 Å². The van der Waals surface area contributed by atoms with E-state index in [-0.39, 0.29) is 6.10 Å². The lowest BCUT2D eigenvalue weighted by atomic mass is 10.3. The molecule has 0 N–H and O–H groups in total. The third kappa shape index (κ3) is 2.54. The predicted molar refractivity (Wildman–Crippen MR) is 50.9 cm³/mol. The number of para-hydroxylation sites is 1. The van der Waals surface area contributed by atoms with Crippen LogP contribution in [-0.4, -0.2) is 23.5 Å². The van der Waals surface area contributed by atoms with Crippen molar-refractivity contribution in [3.05, 3.63) is 30.3 Å². The lowest BCUT2D eigenvalue weighted by Gasteiger charge is -2.08. The minimum absolute atomic E-state index is 0.240. The van der Waals surface area contributed by atoms with E-state index in [1.54, 1.807) is 0 Å². The highest BCUT2D eigenvalue weighted by Gasteiger charge is 2.23. The molecule has 1 aromatic rings. The second-order valence-corrected chi connectivity index (χ2v) is 3.67. The summed E-state index contributed by atoms with van der Waals surface area (Å²) in [6, 6.07) is 9.40. The first kappa shape index (κ1) is 9.64. The van der Waals surface area contributed by atoms with Crippen LogP contribution in [0.4, 0.5) is 0 Å². The Morgan fingerprint density at radius 2 is 2.21 bits per heavy atom. The second kappa shape index (κ2) is 4.54. The molecule has 1 aliphatic rings. The van der Waals surface area contributed by atoms with Crippen LogP contribution in [0.5, 0.6) is 5.75 Å². The van der Waals surface area contributed by atoms with E-state index in [1.807, 2.05) is 30.3 Å². The Hall–Kier alpha value is -0.910. The summed E-state index contributed by atoms with van der Waals surface area (Å²) in [5.41, 5.74) is 0. The highest BCUT2D eigenvalue weighted by Crippen LogP contribution is 2.13. The molecule has 0 aromatic heterocycles. The maximum absolute atomic E-state index is 10.7. The van der Waals surface area contributed by atoms with Crippen molar-refractivity contribution in [2.45, 2.75) is 6.10 Å². The summed E-state index contributed by atoms with van der Waals surface area (Å²) < 4.78 is 25.7. The van der Waals surface area contributed by atoms with E-state index in [2.05, 4.69) is 0 Å². The number of ether oxygens (including phenoxy) is 1. The van der Waals surface area contributed by atoms with Gasteiger partial charge in [-0.15, -0.1) is 0 Å². The summed E-state index contributed by atoms with van der Waals surface area (Å²) >= 11 is -1.59. The molecule has 2 rings (SSSR count). The van der Waals surface area contributed by atoms with Gasteiger partial charge in [-0.25, -0.2) is 0 Å². The third-order valence-corrected chi connectivity index (χ3v) is 2.50. The molecule has 1 aliphatic heterocycles. The monoisotopic (exact) mass is 214 g/mol. The van der Waals surface area contributed by atoms with Crippen LogP contribution in [0.2, 0.25) is 0 Å². The number of benzene rings is 1. The maximum atomic E-state index is 10.7. The van der Waals surface area contributed by atoms with Gasteiger partial charge < -0.3 is 4.74 Å². The first-order chi connectivity index (χ1) is 6.84. The molecule has 0 bridgehead atoms. The Morgan fingerprint density at radius 3 is 2.86 bits per heavy atom. The zero-order chi connectivity index (χ0) is 9.80. The Kier molecular flexibility index (Phi) is 3.13. The van der Waals surface area contributed by atoms with E-state index < -0.39 is 11.4 Å². The molecule has 4 nitrogen and oxygen atoms in total. The van der Waals surface area contributed by atoms with Crippen LogP contribution in [-0.2, 0) is 19.7 Å². The zero-order valence-corrected chi connectivity index (χ0v) is 8.24. The predicted octanol–water partition coefficient (Wildman–Crippen LogP) is 1.06. The smallest absolute Gasteiger partial charge is 0.305 e. The molecule has 0 saturated carbocycles. The van der Waals surface area contributed by atoms with Crippen LogP contribution in [0.1, 0.15) is 0 Å². The number of rotatable bonds is 3. The fraction of sp³-hybridized carbons (Fsp3) is 0.333. The maximum Gasteiger partial charge on any atom is 0.305 e. The van der Waals surface area contributed by atoms with Crippen LogP contribution >= 0.6 is 0 Å². The topological polar surface area (TPSA) is 44.8 Å². The minimum Gasteiger partial charge on any atom is -0.491 e. The van der Waals surface area contributed by atoms with Gasteiger partial charge in [0.25, 0.3) is 0 Å². The Balaban J connectivity index is 1.80. The van der Waals surface area contributed by atoms with Crippen LogP contribution < -0.4 is 4.74 Å². The molecule has 1 aromatic carbocycles. The summed E-state index contributed by atoms with van der Waals surface area (Å²) in [7, 11) is 0. The highest BCUT2D eigenvalue weighted by molar-refractivity contribution is 7.75. The summed E-state index contributed by atoms with van der Waals surface area (Å²) in [5.74, 6) is 0.772. The highest BCUT2D eigenvalue weighted by atomic mass is 32.2. The SMILES string of the molecule is O=[S@@]1OC[C@H](COc2ccccc2)O1. The quantitative estimate of drug-likeness (QED) is 0.754. The molecule has 1 saturated heterocycles. The molecule has 14 heavy (non-hydrogen) atoms. The van der Waals surface area contributed by atoms with Crippen molar-refractivity contribution < 1.29 is 17.3 Å². The molecule has 0 spiro atoms. The fourth-order valence-electron chi connectivity index (χ4n) is 1.08. The lowest BCUT2D eigenvalue weighted by Crippen LogP contribution is -2.19. The number of hydrogen-bond acceptors (Lipinski definition) is 4. The van der Waals surface area contributed by atoms with Crippen molar-refractivity contribution in [3.8, 4) is 5.75 Å². The van der Waals surface area contributed by atoms with E-state index >= 15 is 0 Å². The minimum atomic E-state index is -1.59. The normalized spacial score (nSPS) is 26.3. The van der Waals surface area contributed by atoms with Crippen molar-refractivity contribution >= 4 is 11.4 Å². The van der Waals surface area contributed by atoms with Crippen molar-refractivity contribution in [1.29, 1.82) is 0 Å². The third-order valence-electron chi connectivity index (χ3n) is 1.74. The molecule has 1 heterocycles. The van der Waals surface area contributed by atoms with Crippen molar-refractivity contribution in [2.24, 2.45) is 0 Å². The molecular formula is C9H10O4S. The summed E-state index contributed by atoms with van der Waals surface area (Å²) in [4.78, 5) is 0. The van der Waals surface area contributed by atoms with Gasteiger partial charge in [0, 0.05) is 0 Å². The average molecular weight is 214 g/mol. The van der Waals surface area contributed by atoms with Gasteiger partial charge in [0.1, 0.15) is 18.5 Å². The summed E-state index contributed by atoms with van der Waals surface area (Å²) in [6.45, 7) is 0.676. The zero-order valence-electron chi connectivity index (χ0n) is 7.42. The lowest BCUT2D eigenvalue weighted by molar-refractivity contribution is 0.151. The van der Waals surface area contributed by atoms with Gasteiger partial charge in [-0.2, -0.15) is 4.21 Å². The van der Waals surface area contributed by atoms with Gasteiger partial charge in [0.2, 0.25) is 0 Å². The fourth-order valence-corrected chi connectivity index (χ4v) is 1.73. The van der Waals surface area contributed by atoms with Crippen LogP contribution in [0.15, 0.2) is 30.3 Å². The molecule has 0 unspecified atom stereocenters. The standard InChI is InChI=1S/C9H10O4S/c10-14-12-7-9(13-14)6-11-8-4-2-1-3-5-8/h1-5,9H,6-7H2/t9-,14+/m0/s1. The largest absolute Gasteiger partial charge is 0.491 e. The van der Waals surface area contributed by atoms with Crippen LogP contribution in [0, 0.1) is 0 Å². The van der Waals surface area contributed by atoms with Crippen molar-refractivity contribution in [3.63, 3.8) is 0 Å². The first-order valence-electron chi connectivity index (χ1n) is 4.24. The molecule has 1 fully saturated rings. The molecule has 2 atom stereocenters. The first-order valence-corrected chi connectivity index (χ1v) is 5.24.